The Morgan fingerprint density at radius 2 is 1.73 bits per heavy atom. The van der Waals surface area contributed by atoms with Crippen LogP contribution in [0.25, 0.3) is 0 Å². The maximum Gasteiger partial charge on any atom is 0.240 e. The van der Waals surface area contributed by atoms with Gasteiger partial charge in [0.2, 0.25) is 17.7 Å². The van der Waals surface area contributed by atoms with Crippen molar-refractivity contribution in [3.05, 3.63) is 0 Å². The standard InChI is InChI=1S/C18H36N4O4/c1-13(23)22-15(16(19)25)18(4,5)11-17(2,3)12-21-14(24)7-9-26-10-8-20-6/h15,20H,7-12H2,1-6H3,(H2,19,25)(H,21,24)(H,22,23). The zero-order chi connectivity index (χ0) is 20.4. The van der Waals surface area contributed by atoms with Crippen molar-refractivity contribution in [3.8, 4) is 0 Å². The lowest BCUT2D eigenvalue weighted by Crippen LogP contribution is -2.54. The van der Waals surface area contributed by atoms with Gasteiger partial charge in [0, 0.05) is 26.4 Å². The van der Waals surface area contributed by atoms with E-state index in [9.17, 15) is 14.4 Å². The van der Waals surface area contributed by atoms with E-state index in [4.69, 9.17) is 10.5 Å². The van der Waals surface area contributed by atoms with Crippen LogP contribution in [0.2, 0.25) is 0 Å². The minimum atomic E-state index is -0.768. The number of likely N-dealkylation sites (N-methyl/N-ethyl adjacent to an activating group) is 1. The van der Waals surface area contributed by atoms with Crippen molar-refractivity contribution in [3.63, 3.8) is 0 Å². The van der Waals surface area contributed by atoms with E-state index in [0.29, 0.717) is 32.6 Å². The van der Waals surface area contributed by atoms with Gasteiger partial charge in [-0.2, -0.15) is 0 Å². The number of nitrogens with two attached hydrogens (primary N) is 1. The molecule has 0 aliphatic carbocycles. The van der Waals surface area contributed by atoms with Crippen molar-refractivity contribution in [2.75, 3.05) is 33.4 Å². The third-order valence-corrected chi connectivity index (χ3v) is 4.08. The average molecular weight is 373 g/mol. The molecule has 26 heavy (non-hydrogen) atoms. The molecule has 3 amide bonds. The summed E-state index contributed by atoms with van der Waals surface area (Å²) >= 11 is 0. The SMILES string of the molecule is CNCCOCCC(=O)NCC(C)(C)CC(C)(C)C(NC(C)=O)C(N)=O. The number of primary amides is 1. The van der Waals surface area contributed by atoms with Crippen molar-refractivity contribution < 1.29 is 19.1 Å². The summed E-state index contributed by atoms with van der Waals surface area (Å²) in [5.74, 6) is -0.941. The number of nitrogens with one attached hydrogen (secondary N) is 3. The zero-order valence-electron chi connectivity index (χ0n) is 17.0. The average Bonchev–Trinajstić information content (AvgIpc) is 2.49. The monoisotopic (exact) mass is 372 g/mol. The first-order chi connectivity index (χ1) is 11.9. The first kappa shape index (κ1) is 24.3. The number of rotatable bonds is 13. The van der Waals surface area contributed by atoms with Crippen LogP contribution in [0.4, 0.5) is 0 Å². The molecule has 152 valence electrons. The lowest BCUT2D eigenvalue weighted by Gasteiger charge is -2.39. The number of amides is 3. The molecule has 0 aliphatic heterocycles. The second-order valence-electron chi connectivity index (χ2n) is 8.11. The van der Waals surface area contributed by atoms with Gasteiger partial charge in [-0.3, -0.25) is 14.4 Å². The fourth-order valence-corrected chi connectivity index (χ4v) is 3.12. The Kier molecular flexibility index (Phi) is 10.4. The third-order valence-electron chi connectivity index (χ3n) is 4.08. The molecular weight excluding hydrogens is 336 g/mol. The molecule has 0 aliphatic rings. The van der Waals surface area contributed by atoms with E-state index in [1.165, 1.54) is 6.92 Å². The Morgan fingerprint density at radius 3 is 2.23 bits per heavy atom. The van der Waals surface area contributed by atoms with Crippen LogP contribution in [0.1, 0.15) is 47.5 Å². The maximum absolute atomic E-state index is 11.9. The number of hydrogen-bond donors (Lipinski definition) is 4. The summed E-state index contributed by atoms with van der Waals surface area (Å²) in [4.78, 5) is 35.0. The summed E-state index contributed by atoms with van der Waals surface area (Å²) in [7, 11) is 1.84. The number of carbonyl (C=O) groups is 3. The zero-order valence-corrected chi connectivity index (χ0v) is 17.0. The molecule has 5 N–H and O–H groups in total. The molecule has 1 unspecified atom stereocenters. The van der Waals surface area contributed by atoms with Crippen molar-refractivity contribution >= 4 is 17.7 Å². The van der Waals surface area contributed by atoms with Gasteiger partial charge in [-0.05, 0) is 24.3 Å². The van der Waals surface area contributed by atoms with Crippen LogP contribution in [0.15, 0.2) is 0 Å². The fraction of sp³-hybridized carbons (Fsp3) is 0.833. The summed E-state index contributed by atoms with van der Waals surface area (Å²) in [5, 5.41) is 8.50. The Balaban J connectivity index is 4.54. The lowest BCUT2D eigenvalue weighted by atomic mass is 9.70. The number of ether oxygens (including phenoxy) is 1. The fourth-order valence-electron chi connectivity index (χ4n) is 3.12. The topological polar surface area (TPSA) is 123 Å². The Labute approximate surface area is 157 Å². The summed E-state index contributed by atoms with van der Waals surface area (Å²) in [6, 6.07) is -0.768. The summed E-state index contributed by atoms with van der Waals surface area (Å²) in [6.45, 7) is 11.3. The minimum absolute atomic E-state index is 0.0753. The third kappa shape index (κ3) is 10.4. The van der Waals surface area contributed by atoms with Crippen molar-refractivity contribution in [2.24, 2.45) is 16.6 Å². The predicted octanol–water partition coefficient (Wildman–Crippen LogP) is 0.161. The molecule has 0 rings (SSSR count). The second-order valence-corrected chi connectivity index (χ2v) is 8.11. The van der Waals surface area contributed by atoms with Gasteiger partial charge in [0.15, 0.2) is 0 Å². The summed E-state index contributed by atoms with van der Waals surface area (Å²) < 4.78 is 5.34. The highest BCUT2D eigenvalue weighted by Crippen LogP contribution is 2.36. The largest absolute Gasteiger partial charge is 0.380 e. The quantitative estimate of drug-likeness (QED) is 0.343. The maximum atomic E-state index is 11.9. The molecule has 0 fully saturated rings. The Morgan fingerprint density at radius 1 is 1.12 bits per heavy atom. The van der Waals surface area contributed by atoms with Gasteiger partial charge in [0.1, 0.15) is 6.04 Å². The van der Waals surface area contributed by atoms with Gasteiger partial charge in [0.25, 0.3) is 0 Å². The van der Waals surface area contributed by atoms with Crippen LogP contribution < -0.4 is 21.7 Å². The van der Waals surface area contributed by atoms with E-state index in [1.54, 1.807) is 0 Å². The molecule has 1 atom stereocenters. The highest BCUT2D eigenvalue weighted by atomic mass is 16.5. The highest BCUT2D eigenvalue weighted by Gasteiger charge is 2.39. The van der Waals surface area contributed by atoms with Crippen molar-refractivity contribution in [1.29, 1.82) is 0 Å². The highest BCUT2D eigenvalue weighted by molar-refractivity contribution is 5.86. The van der Waals surface area contributed by atoms with Crippen LogP contribution in [-0.2, 0) is 19.1 Å². The Hall–Kier alpha value is -1.67. The second kappa shape index (κ2) is 11.1. The van der Waals surface area contributed by atoms with Crippen LogP contribution in [0.3, 0.4) is 0 Å². The predicted molar refractivity (Wildman–Crippen MR) is 101 cm³/mol. The molecule has 0 bridgehead atoms. The van der Waals surface area contributed by atoms with Crippen LogP contribution >= 0.6 is 0 Å². The van der Waals surface area contributed by atoms with Crippen LogP contribution in [0, 0.1) is 10.8 Å². The molecule has 0 aromatic carbocycles. The van der Waals surface area contributed by atoms with E-state index in [-0.39, 0.29) is 17.2 Å². The van der Waals surface area contributed by atoms with Gasteiger partial charge in [-0.25, -0.2) is 0 Å². The van der Waals surface area contributed by atoms with Crippen molar-refractivity contribution in [1.82, 2.24) is 16.0 Å². The molecular formula is C18H36N4O4. The molecule has 0 saturated heterocycles. The van der Waals surface area contributed by atoms with Gasteiger partial charge in [-0.1, -0.05) is 27.7 Å². The van der Waals surface area contributed by atoms with E-state index in [2.05, 4.69) is 16.0 Å². The summed E-state index contributed by atoms with van der Waals surface area (Å²) in [5.41, 5.74) is 4.63. The summed E-state index contributed by atoms with van der Waals surface area (Å²) in [6.07, 6.45) is 0.895. The number of carbonyl (C=O) groups excluding carboxylic acids is 3. The molecule has 8 heteroatoms. The van der Waals surface area contributed by atoms with Crippen LogP contribution in [0.5, 0.6) is 0 Å². The first-order valence-corrected chi connectivity index (χ1v) is 8.97. The van der Waals surface area contributed by atoms with Crippen LogP contribution in [-0.4, -0.2) is 57.1 Å². The van der Waals surface area contributed by atoms with E-state index < -0.39 is 17.4 Å². The molecule has 0 aromatic rings. The Bertz CT molecular complexity index is 478. The molecule has 0 saturated carbocycles. The molecule has 8 nitrogen and oxygen atoms in total. The molecule has 0 spiro atoms. The van der Waals surface area contributed by atoms with E-state index >= 15 is 0 Å². The van der Waals surface area contributed by atoms with Crippen molar-refractivity contribution in [2.45, 2.75) is 53.5 Å². The van der Waals surface area contributed by atoms with Gasteiger partial charge in [0.05, 0.1) is 13.2 Å². The first-order valence-electron chi connectivity index (χ1n) is 8.97. The molecule has 0 radical (unpaired) electrons. The van der Waals surface area contributed by atoms with E-state index in [1.807, 2.05) is 34.7 Å². The van der Waals surface area contributed by atoms with Gasteiger partial charge >= 0.3 is 0 Å². The van der Waals surface area contributed by atoms with E-state index in [0.717, 1.165) is 6.54 Å². The van der Waals surface area contributed by atoms with Gasteiger partial charge < -0.3 is 26.4 Å². The lowest BCUT2D eigenvalue weighted by molar-refractivity contribution is -0.129. The van der Waals surface area contributed by atoms with Gasteiger partial charge in [-0.15, -0.1) is 0 Å². The number of hydrogen-bond acceptors (Lipinski definition) is 5. The normalized spacial score (nSPS) is 13.2. The smallest absolute Gasteiger partial charge is 0.240 e. The minimum Gasteiger partial charge on any atom is -0.380 e. The molecule has 0 aromatic heterocycles. The molecule has 0 heterocycles.